The summed E-state index contributed by atoms with van der Waals surface area (Å²) in [4.78, 5) is 3.97. The van der Waals surface area contributed by atoms with Gasteiger partial charge in [0.15, 0.2) is 0 Å². The number of aromatic nitrogens is 1. The summed E-state index contributed by atoms with van der Waals surface area (Å²) < 4.78 is 0. The van der Waals surface area contributed by atoms with Gasteiger partial charge in [0.2, 0.25) is 0 Å². The molecule has 0 saturated heterocycles. The Morgan fingerprint density at radius 3 is 2.87 bits per heavy atom. The first-order valence-corrected chi connectivity index (χ1v) is 4.76. The van der Waals surface area contributed by atoms with Crippen molar-refractivity contribution in [2.45, 2.75) is 6.92 Å². The predicted molar refractivity (Wildman–Crippen MR) is 59.1 cm³/mol. The van der Waals surface area contributed by atoms with Crippen molar-refractivity contribution in [3.05, 3.63) is 53.6 Å². The standard InChI is InChI=1S/C13H11NO/c1-10-4-7-13(15)12(10)6-5-11-3-2-8-14-9-11/h2-4,7-9,12,15H,1H3/t12-/m1/s1. The van der Waals surface area contributed by atoms with Gasteiger partial charge in [-0.15, -0.1) is 0 Å². The summed E-state index contributed by atoms with van der Waals surface area (Å²) in [5, 5.41) is 9.53. The van der Waals surface area contributed by atoms with Gasteiger partial charge in [-0.3, -0.25) is 4.98 Å². The number of allylic oxidation sites excluding steroid dienone is 3. The molecular formula is C13H11NO. The van der Waals surface area contributed by atoms with Crippen LogP contribution in [0.2, 0.25) is 0 Å². The topological polar surface area (TPSA) is 33.1 Å². The summed E-state index contributed by atoms with van der Waals surface area (Å²) in [6, 6.07) is 3.74. The molecule has 2 rings (SSSR count). The molecule has 0 unspecified atom stereocenters. The maximum absolute atomic E-state index is 9.53. The van der Waals surface area contributed by atoms with Crippen molar-refractivity contribution in [2.24, 2.45) is 5.92 Å². The molecule has 0 bridgehead atoms. The van der Waals surface area contributed by atoms with E-state index in [4.69, 9.17) is 0 Å². The van der Waals surface area contributed by atoms with Crippen molar-refractivity contribution in [2.75, 3.05) is 0 Å². The van der Waals surface area contributed by atoms with Crippen molar-refractivity contribution >= 4 is 0 Å². The molecule has 74 valence electrons. The molecule has 15 heavy (non-hydrogen) atoms. The first-order chi connectivity index (χ1) is 7.27. The number of rotatable bonds is 0. The van der Waals surface area contributed by atoms with Crippen LogP contribution < -0.4 is 0 Å². The number of aliphatic hydroxyl groups excluding tert-OH is 1. The van der Waals surface area contributed by atoms with E-state index in [1.807, 2.05) is 25.1 Å². The van der Waals surface area contributed by atoms with Crippen LogP contribution in [0.1, 0.15) is 12.5 Å². The Kier molecular flexibility index (Phi) is 2.55. The lowest BCUT2D eigenvalue weighted by Gasteiger charge is -2.03. The van der Waals surface area contributed by atoms with Crippen LogP contribution in [-0.4, -0.2) is 10.1 Å². The van der Waals surface area contributed by atoms with Gasteiger partial charge in [0, 0.05) is 18.0 Å². The van der Waals surface area contributed by atoms with E-state index in [-0.39, 0.29) is 5.92 Å². The lowest BCUT2D eigenvalue weighted by atomic mass is 10.0. The number of hydrogen-bond donors (Lipinski definition) is 1. The Bertz CT molecular complexity index is 456. The Morgan fingerprint density at radius 2 is 2.27 bits per heavy atom. The second kappa shape index (κ2) is 4.02. The summed E-state index contributed by atoms with van der Waals surface area (Å²) in [7, 11) is 0. The van der Waals surface area contributed by atoms with Gasteiger partial charge < -0.3 is 5.11 Å². The number of hydrogen-bond acceptors (Lipinski definition) is 2. The molecule has 0 aromatic carbocycles. The molecule has 0 saturated carbocycles. The lowest BCUT2D eigenvalue weighted by molar-refractivity contribution is 0.380. The van der Waals surface area contributed by atoms with E-state index < -0.39 is 0 Å². The maximum atomic E-state index is 9.53. The Morgan fingerprint density at radius 1 is 1.40 bits per heavy atom. The second-order valence-corrected chi connectivity index (χ2v) is 3.45. The third kappa shape index (κ3) is 2.08. The van der Waals surface area contributed by atoms with Gasteiger partial charge in [0.05, 0.1) is 5.92 Å². The molecule has 0 radical (unpaired) electrons. The number of pyridine rings is 1. The predicted octanol–water partition coefficient (Wildman–Crippen LogP) is 2.45. The highest BCUT2D eigenvalue weighted by atomic mass is 16.3. The van der Waals surface area contributed by atoms with E-state index in [0.29, 0.717) is 5.76 Å². The zero-order valence-electron chi connectivity index (χ0n) is 8.44. The Hall–Kier alpha value is -2.01. The van der Waals surface area contributed by atoms with E-state index in [1.54, 1.807) is 18.5 Å². The summed E-state index contributed by atoms with van der Waals surface area (Å²) in [5.74, 6) is 6.19. The summed E-state index contributed by atoms with van der Waals surface area (Å²) in [6.45, 7) is 1.96. The van der Waals surface area contributed by atoms with E-state index in [2.05, 4.69) is 16.8 Å². The molecule has 1 heterocycles. The molecule has 2 nitrogen and oxygen atoms in total. The first kappa shape index (κ1) is 9.54. The highest BCUT2D eigenvalue weighted by Crippen LogP contribution is 2.23. The van der Waals surface area contributed by atoms with Gasteiger partial charge in [-0.1, -0.05) is 23.5 Å². The smallest absolute Gasteiger partial charge is 0.111 e. The third-order valence-electron chi connectivity index (χ3n) is 2.29. The van der Waals surface area contributed by atoms with Gasteiger partial charge in [0.1, 0.15) is 5.76 Å². The fourth-order valence-corrected chi connectivity index (χ4v) is 1.42. The Balaban J connectivity index is 2.20. The molecule has 1 atom stereocenters. The minimum absolute atomic E-state index is 0.148. The molecule has 2 heteroatoms. The first-order valence-electron chi connectivity index (χ1n) is 4.76. The lowest BCUT2D eigenvalue weighted by Crippen LogP contribution is -1.98. The average Bonchev–Trinajstić information content (AvgIpc) is 2.58. The largest absolute Gasteiger partial charge is 0.511 e. The molecule has 0 aliphatic heterocycles. The number of nitrogens with zero attached hydrogens (tertiary/aromatic N) is 1. The highest BCUT2D eigenvalue weighted by Gasteiger charge is 2.16. The molecule has 0 spiro atoms. The SMILES string of the molecule is CC1=CC=C(O)[C@@H]1C#Cc1cccnc1. The van der Waals surface area contributed by atoms with Crippen LogP contribution in [0.5, 0.6) is 0 Å². The van der Waals surface area contributed by atoms with Crippen LogP contribution in [0.3, 0.4) is 0 Å². The molecule has 0 fully saturated rings. The van der Waals surface area contributed by atoms with E-state index >= 15 is 0 Å². The minimum atomic E-state index is -0.148. The normalized spacial score (nSPS) is 18.9. The molecule has 1 aromatic rings. The van der Waals surface area contributed by atoms with Crippen molar-refractivity contribution in [1.82, 2.24) is 4.98 Å². The van der Waals surface area contributed by atoms with Crippen molar-refractivity contribution in [3.8, 4) is 11.8 Å². The molecule has 1 aliphatic carbocycles. The molecule has 0 amide bonds. The van der Waals surface area contributed by atoms with Crippen LogP contribution in [0.4, 0.5) is 0 Å². The van der Waals surface area contributed by atoms with Crippen LogP contribution in [0, 0.1) is 17.8 Å². The maximum Gasteiger partial charge on any atom is 0.111 e. The van der Waals surface area contributed by atoms with Crippen molar-refractivity contribution in [3.63, 3.8) is 0 Å². The van der Waals surface area contributed by atoms with E-state index in [1.165, 1.54) is 0 Å². The van der Waals surface area contributed by atoms with Crippen LogP contribution in [0.25, 0.3) is 0 Å². The monoisotopic (exact) mass is 197 g/mol. The quantitative estimate of drug-likeness (QED) is 0.648. The Labute approximate surface area is 89.0 Å². The average molecular weight is 197 g/mol. The molecular weight excluding hydrogens is 186 g/mol. The van der Waals surface area contributed by atoms with Gasteiger partial charge in [-0.25, -0.2) is 0 Å². The van der Waals surface area contributed by atoms with Gasteiger partial charge >= 0.3 is 0 Å². The zero-order valence-corrected chi connectivity index (χ0v) is 8.44. The van der Waals surface area contributed by atoms with Crippen LogP contribution in [0.15, 0.2) is 48.0 Å². The van der Waals surface area contributed by atoms with Crippen LogP contribution >= 0.6 is 0 Å². The van der Waals surface area contributed by atoms with E-state index in [9.17, 15) is 5.11 Å². The van der Waals surface area contributed by atoms with Crippen molar-refractivity contribution in [1.29, 1.82) is 0 Å². The second-order valence-electron chi connectivity index (χ2n) is 3.45. The molecule has 1 N–H and O–H groups in total. The van der Waals surface area contributed by atoms with Crippen molar-refractivity contribution < 1.29 is 5.11 Å². The van der Waals surface area contributed by atoms with Gasteiger partial charge in [-0.2, -0.15) is 0 Å². The fourth-order valence-electron chi connectivity index (χ4n) is 1.42. The molecule has 1 aromatic heterocycles. The minimum Gasteiger partial charge on any atom is -0.511 e. The van der Waals surface area contributed by atoms with Gasteiger partial charge in [-0.05, 0) is 25.1 Å². The number of aliphatic hydroxyl groups is 1. The summed E-state index contributed by atoms with van der Waals surface area (Å²) in [6.07, 6.45) is 7.00. The van der Waals surface area contributed by atoms with Gasteiger partial charge in [0.25, 0.3) is 0 Å². The fraction of sp³-hybridized carbons (Fsp3) is 0.154. The highest BCUT2D eigenvalue weighted by molar-refractivity contribution is 5.41. The third-order valence-corrected chi connectivity index (χ3v) is 2.29. The van der Waals surface area contributed by atoms with Crippen LogP contribution in [-0.2, 0) is 0 Å². The summed E-state index contributed by atoms with van der Waals surface area (Å²) in [5.41, 5.74) is 1.94. The van der Waals surface area contributed by atoms with E-state index in [0.717, 1.165) is 11.1 Å². The zero-order chi connectivity index (χ0) is 10.7. The summed E-state index contributed by atoms with van der Waals surface area (Å²) >= 11 is 0. The molecule has 1 aliphatic rings.